The van der Waals surface area contributed by atoms with Crippen LogP contribution in [0, 0.1) is 0 Å². The van der Waals surface area contributed by atoms with Crippen molar-refractivity contribution in [3.05, 3.63) is 88.3 Å². The monoisotopic (exact) mass is 457 g/mol. The maximum atomic E-state index is 13.5. The summed E-state index contributed by atoms with van der Waals surface area (Å²) in [6.45, 7) is 0.114. The molecule has 2 aliphatic heterocycles. The van der Waals surface area contributed by atoms with Gasteiger partial charge in [0.1, 0.15) is 17.1 Å². The largest absolute Gasteiger partial charge is 0.497 e. The van der Waals surface area contributed by atoms with Crippen molar-refractivity contribution in [2.45, 2.75) is 12.0 Å². The predicted octanol–water partition coefficient (Wildman–Crippen LogP) is 4.06. The lowest BCUT2D eigenvalue weighted by Crippen LogP contribution is -2.35. The second-order valence-corrected chi connectivity index (χ2v) is 7.98. The molecule has 0 aliphatic carbocycles. The summed E-state index contributed by atoms with van der Waals surface area (Å²) in [6, 6.07) is 19.4. The third-order valence-corrected chi connectivity index (χ3v) is 6.01. The molecule has 0 radical (unpaired) electrons. The number of amides is 1. The van der Waals surface area contributed by atoms with E-state index in [4.69, 9.17) is 23.4 Å². The topological polar surface area (TPSA) is 96.2 Å². The Morgan fingerprint density at radius 3 is 2.74 bits per heavy atom. The molecular weight excluding hydrogens is 438 g/mol. The first kappa shape index (κ1) is 20.2. The molecule has 0 saturated carbocycles. The van der Waals surface area contributed by atoms with E-state index < -0.39 is 23.6 Å². The summed E-state index contributed by atoms with van der Waals surface area (Å²) in [5, 5.41) is 3.51. The van der Waals surface area contributed by atoms with Gasteiger partial charge >= 0.3 is 5.63 Å². The van der Waals surface area contributed by atoms with E-state index in [9.17, 15) is 9.59 Å². The van der Waals surface area contributed by atoms with E-state index in [1.54, 1.807) is 67.8 Å². The van der Waals surface area contributed by atoms with Crippen LogP contribution in [0.3, 0.4) is 0 Å². The van der Waals surface area contributed by atoms with E-state index in [1.165, 1.54) is 0 Å². The Hall–Kier alpha value is -4.46. The van der Waals surface area contributed by atoms with Crippen LogP contribution in [0.2, 0.25) is 0 Å². The number of ether oxygens (including phenoxy) is 4. The minimum Gasteiger partial charge on any atom is -0.497 e. The van der Waals surface area contributed by atoms with E-state index in [-0.39, 0.29) is 6.79 Å². The minimum atomic E-state index is -1.02. The first-order valence-corrected chi connectivity index (χ1v) is 10.7. The van der Waals surface area contributed by atoms with Crippen LogP contribution in [0.15, 0.2) is 75.9 Å². The molecule has 8 heteroatoms. The first-order valence-electron chi connectivity index (χ1n) is 10.7. The number of anilines is 1. The average molecular weight is 457 g/mol. The first-order chi connectivity index (χ1) is 16.6. The molecule has 170 valence electrons. The van der Waals surface area contributed by atoms with Crippen molar-refractivity contribution >= 4 is 22.6 Å². The number of hydrogen-bond acceptors (Lipinski definition) is 7. The molecule has 2 atom stereocenters. The van der Waals surface area contributed by atoms with Crippen molar-refractivity contribution in [2.75, 3.05) is 19.2 Å². The van der Waals surface area contributed by atoms with Crippen LogP contribution in [-0.2, 0) is 4.79 Å². The molecule has 0 fully saturated rings. The van der Waals surface area contributed by atoms with E-state index in [0.717, 1.165) is 0 Å². The Morgan fingerprint density at radius 1 is 1.00 bits per heavy atom. The van der Waals surface area contributed by atoms with Gasteiger partial charge in [0.25, 0.3) is 5.91 Å². The molecule has 0 unspecified atom stereocenters. The zero-order valence-electron chi connectivity index (χ0n) is 18.1. The van der Waals surface area contributed by atoms with Crippen molar-refractivity contribution in [1.82, 2.24) is 0 Å². The molecule has 0 bridgehead atoms. The average Bonchev–Trinajstić information content (AvgIpc) is 3.49. The number of methoxy groups -OCH3 is 1. The third kappa shape index (κ3) is 3.23. The summed E-state index contributed by atoms with van der Waals surface area (Å²) in [4.78, 5) is 26.6. The molecule has 1 N–H and O–H groups in total. The molecule has 3 aromatic carbocycles. The van der Waals surface area contributed by atoms with Crippen molar-refractivity contribution < 1.29 is 28.2 Å². The maximum absolute atomic E-state index is 13.5. The third-order valence-electron chi connectivity index (χ3n) is 6.01. The number of rotatable bonds is 4. The van der Waals surface area contributed by atoms with Gasteiger partial charge in [0, 0.05) is 11.8 Å². The molecule has 4 aromatic rings. The zero-order chi connectivity index (χ0) is 23.2. The van der Waals surface area contributed by atoms with Crippen molar-refractivity contribution in [3.63, 3.8) is 0 Å². The lowest BCUT2D eigenvalue weighted by molar-refractivity contribution is -0.122. The summed E-state index contributed by atoms with van der Waals surface area (Å²) in [6.07, 6.45) is -1.02. The molecule has 0 saturated heterocycles. The summed E-state index contributed by atoms with van der Waals surface area (Å²) in [7, 11) is 1.55. The maximum Gasteiger partial charge on any atom is 0.344 e. The molecule has 1 amide bonds. The molecule has 1 aromatic heterocycles. The van der Waals surface area contributed by atoms with E-state index in [2.05, 4.69) is 5.32 Å². The van der Waals surface area contributed by atoms with E-state index >= 15 is 0 Å². The highest BCUT2D eigenvalue weighted by molar-refractivity contribution is 5.97. The SMILES string of the molecule is COc1cccc(NC(=O)[C@H]2Oc3c(c(=O)oc4ccccc34)[C@H]2c2ccc3c(c2)OCO3)c1. The van der Waals surface area contributed by atoms with Crippen LogP contribution >= 0.6 is 0 Å². The van der Waals surface area contributed by atoms with Gasteiger partial charge in [0.2, 0.25) is 6.79 Å². The highest BCUT2D eigenvalue weighted by atomic mass is 16.7. The van der Waals surface area contributed by atoms with Gasteiger partial charge in [-0.15, -0.1) is 0 Å². The zero-order valence-corrected chi connectivity index (χ0v) is 18.1. The molecular formula is C26H19NO7. The summed E-state index contributed by atoms with van der Waals surface area (Å²) in [5.74, 6) is 0.980. The van der Waals surface area contributed by atoms with Gasteiger partial charge in [-0.05, 0) is 42.0 Å². The second kappa shape index (κ2) is 7.84. The standard InChI is InChI=1S/C26H19NO7/c1-30-16-6-4-5-15(12-16)27-25(28)24-21(14-9-10-19-20(11-14)32-13-31-19)22-23(34-24)17-7-2-3-8-18(17)33-26(22)29/h2-12,21,24H,13H2,1H3,(H,27,28)/t21-,24+/m1/s1. The van der Waals surface area contributed by atoms with Crippen molar-refractivity contribution in [3.8, 4) is 23.0 Å². The second-order valence-electron chi connectivity index (χ2n) is 7.98. The van der Waals surface area contributed by atoms with Gasteiger partial charge in [-0.2, -0.15) is 0 Å². The van der Waals surface area contributed by atoms with Gasteiger partial charge < -0.3 is 28.7 Å². The fourth-order valence-corrected chi connectivity index (χ4v) is 4.44. The molecule has 6 rings (SSSR count). The van der Waals surface area contributed by atoms with Gasteiger partial charge in [0.05, 0.1) is 24.0 Å². The van der Waals surface area contributed by atoms with Crippen LogP contribution in [0.5, 0.6) is 23.0 Å². The molecule has 0 spiro atoms. The predicted molar refractivity (Wildman–Crippen MR) is 123 cm³/mol. The van der Waals surface area contributed by atoms with Crippen molar-refractivity contribution in [2.24, 2.45) is 0 Å². The minimum absolute atomic E-state index is 0.114. The fourth-order valence-electron chi connectivity index (χ4n) is 4.44. The molecule has 34 heavy (non-hydrogen) atoms. The summed E-state index contributed by atoms with van der Waals surface area (Å²) < 4.78 is 28.0. The number of hydrogen-bond donors (Lipinski definition) is 1. The van der Waals surface area contributed by atoms with Gasteiger partial charge in [-0.1, -0.05) is 24.3 Å². The van der Waals surface area contributed by atoms with Crippen molar-refractivity contribution in [1.29, 1.82) is 0 Å². The van der Waals surface area contributed by atoms with Crippen LogP contribution < -0.4 is 29.9 Å². The summed E-state index contributed by atoms with van der Waals surface area (Å²) >= 11 is 0. The lowest BCUT2D eigenvalue weighted by Gasteiger charge is -2.19. The number of fused-ring (bicyclic) bond motifs is 4. The quantitative estimate of drug-likeness (QED) is 0.462. The van der Waals surface area contributed by atoms with Crippen LogP contribution in [0.1, 0.15) is 17.0 Å². The highest BCUT2D eigenvalue weighted by Gasteiger charge is 2.44. The number of nitrogens with one attached hydrogen (secondary N) is 1. The van der Waals surface area contributed by atoms with Crippen LogP contribution in [0.25, 0.3) is 11.0 Å². The number of benzene rings is 3. The van der Waals surface area contributed by atoms with Crippen LogP contribution in [0.4, 0.5) is 5.69 Å². The normalized spacial score (nSPS) is 17.8. The Morgan fingerprint density at radius 2 is 1.85 bits per heavy atom. The fraction of sp³-hybridized carbons (Fsp3) is 0.154. The Bertz CT molecular complexity index is 1490. The van der Waals surface area contributed by atoms with Gasteiger partial charge in [-0.3, -0.25) is 4.79 Å². The van der Waals surface area contributed by atoms with E-state index in [0.29, 0.717) is 50.8 Å². The number of carbonyl (C=O) groups is 1. The highest BCUT2D eigenvalue weighted by Crippen LogP contribution is 2.46. The Labute approximate surface area is 193 Å². The van der Waals surface area contributed by atoms with Gasteiger partial charge in [-0.25, -0.2) is 4.79 Å². The lowest BCUT2D eigenvalue weighted by atomic mass is 9.88. The molecule has 2 aliphatic rings. The van der Waals surface area contributed by atoms with Crippen LogP contribution in [-0.4, -0.2) is 25.9 Å². The van der Waals surface area contributed by atoms with Gasteiger partial charge in [0.15, 0.2) is 17.6 Å². The summed E-state index contributed by atoms with van der Waals surface area (Å²) in [5.41, 5.74) is 1.36. The Kier molecular flexibility index (Phi) is 4.65. The molecule has 3 heterocycles. The Balaban J connectivity index is 1.47. The number of para-hydroxylation sites is 1. The number of carbonyl (C=O) groups excluding carboxylic acids is 1. The smallest absolute Gasteiger partial charge is 0.344 e. The van der Waals surface area contributed by atoms with E-state index in [1.807, 2.05) is 6.07 Å². The molecule has 8 nitrogen and oxygen atoms in total.